The molecule has 0 saturated heterocycles. The van der Waals surface area contributed by atoms with Crippen LogP contribution < -0.4 is 20.7 Å². The van der Waals surface area contributed by atoms with Crippen LogP contribution in [-0.4, -0.2) is 16.1 Å². The van der Waals surface area contributed by atoms with E-state index in [2.05, 4.69) is 96.7 Å². The topological polar surface area (TPSA) is 0 Å². The van der Waals surface area contributed by atoms with Crippen LogP contribution in [0.3, 0.4) is 0 Å². The number of thiophene rings is 2. The van der Waals surface area contributed by atoms with Crippen LogP contribution in [0.2, 0.25) is 0 Å². The zero-order valence-electron chi connectivity index (χ0n) is 30.2. The Morgan fingerprint density at radius 2 is 0.732 bits per heavy atom. The van der Waals surface area contributed by atoms with Crippen molar-refractivity contribution in [3.63, 3.8) is 0 Å². The van der Waals surface area contributed by atoms with Crippen LogP contribution in [-0.2, 0) is 0 Å². The summed E-state index contributed by atoms with van der Waals surface area (Å²) in [7, 11) is -5.72. The molecule has 0 N–H and O–H groups in total. The highest BCUT2D eigenvalue weighted by molar-refractivity contribution is 7.18. The largest absolute Gasteiger partial charge is 0.222 e. The number of halogens is 2. The van der Waals surface area contributed by atoms with Crippen molar-refractivity contribution in [2.24, 2.45) is 0 Å². The maximum Gasteiger partial charge on any atom is 0.222 e. The van der Waals surface area contributed by atoms with Gasteiger partial charge in [-0.1, -0.05) is 145 Å². The van der Waals surface area contributed by atoms with Crippen molar-refractivity contribution < 1.29 is 8.78 Å². The SMILES string of the molecule is C=C[Si](C#Cc1c2cc3cc(F)sc3cc2c(C#C[Si](C=C)(c2ccccc2)c2ccccc2)c2cc3cc(F)sc3cc12)(c1ccccc1)c1ccccc1. The van der Waals surface area contributed by atoms with E-state index in [9.17, 15) is 0 Å². The maximum atomic E-state index is 15.0. The molecule has 0 saturated carbocycles. The van der Waals surface area contributed by atoms with Gasteiger partial charge in [0.2, 0.25) is 16.1 Å². The number of rotatable bonds is 6. The first kappa shape index (κ1) is 35.6. The third kappa shape index (κ3) is 6.05. The fourth-order valence-electron chi connectivity index (χ4n) is 7.82. The van der Waals surface area contributed by atoms with Crippen molar-refractivity contribution in [3.8, 4) is 22.9 Å². The Morgan fingerprint density at radius 3 is 1.04 bits per heavy atom. The van der Waals surface area contributed by atoms with E-state index in [1.165, 1.54) is 0 Å². The lowest BCUT2D eigenvalue weighted by atomic mass is 9.91. The van der Waals surface area contributed by atoms with E-state index in [1.807, 2.05) is 96.3 Å². The van der Waals surface area contributed by atoms with Crippen molar-refractivity contribution in [1.82, 2.24) is 0 Å². The molecule has 266 valence electrons. The first-order valence-electron chi connectivity index (χ1n) is 18.2. The molecule has 0 aliphatic carbocycles. The average Bonchev–Trinajstić information content (AvgIpc) is 3.81. The van der Waals surface area contributed by atoms with Crippen molar-refractivity contribution in [1.29, 1.82) is 0 Å². The predicted molar refractivity (Wildman–Crippen MR) is 242 cm³/mol. The van der Waals surface area contributed by atoms with Crippen LogP contribution >= 0.6 is 22.7 Å². The molecule has 0 radical (unpaired) electrons. The van der Waals surface area contributed by atoms with Gasteiger partial charge in [-0.3, -0.25) is 0 Å². The second-order valence-electron chi connectivity index (χ2n) is 13.7. The van der Waals surface area contributed by atoms with Crippen LogP contribution in [0.25, 0.3) is 41.7 Å². The minimum Gasteiger partial charge on any atom is -0.195 e. The summed E-state index contributed by atoms with van der Waals surface area (Å²) in [5.74, 6) is 7.46. The summed E-state index contributed by atoms with van der Waals surface area (Å²) in [6.07, 6.45) is 0. The van der Waals surface area contributed by atoms with Crippen LogP contribution in [0, 0.1) is 33.2 Å². The fraction of sp³-hybridized carbons (Fsp3) is 0. The predicted octanol–water partition coefficient (Wildman–Crippen LogP) is 10.5. The normalized spacial score (nSPS) is 11.6. The molecule has 0 bridgehead atoms. The Hall–Kier alpha value is -6.13. The van der Waals surface area contributed by atoms with E-state index >= 15 is 8.78 Å². The van der Waals surface area contributed by atoms with Gasteiger partial charge in [0, 0.05) is 31.3 Å². The number of hydrogen-bond acceptors (Lipinski definition) is 2. The first-order chi connectivity index (χ1) is 27.4. The van der Waals surface area contributed by atoms with E-state index in [0.29, 0.717) is 0 Å². The summed E-state index contributed by atoms with van der Waals surface area (Å²) >= 11 is 2.24. The molecular weight excluding hydrogens is 759 g/mol. The third-order valence-corrected chi connectivity index (χ3v) is 19.6. The van der Waals surface area contributed by atoms with Gasteiger partial charge in [-0.2, -0.15) is 8.78 Å². The fourth-order valence-corrected chi connectivity index (χ4v) is 15.3. The zero-order chi connectivity index (χ0) is 38.3. The van der Waals surface area contributed by atoms with Gasteiger partial charge < -0.3 is 0 Å². The zero-order valence-corrected chi connectivity index (χ0v) is 33.8. The molecular formula is C50H32F2S2Si2. The van der Waals surface area contributed by atoms with Gasteiger partial charge in [-0.05, 0) is 78.7 Å². The van der Waals surface area contributed by atoms with Crippen LogP contribution in [0.5, 0.6) is 0 Å². The highest BCUT2D eigenvalue weighted by Crippen LogP contribution is 2.40. The Labute approximate surface area is 334 Å². The second-order valence-corrected chi connectivity index (χ2v) is 22.6. The van der Waals surface area contributed by atoms with Gasteiger partial charge in [0.05, 0.1) is 0 Å². The molecule has 7 aromatic carbocycles. The number of hydrogen-bond donors (Lipinski definition) is 0. The minimum absolute atomic E-state index is 0.256. The molecule has 56 heavy (non-hydrogen) atoms. The van der Waals surface area contributed by atoms with Crippen LogP contribution in [0.15, 0.2) is 182 Å². The summed E-state index contributed by atoms with van der Waals surface area (Å²) in [5, 5.41) is 9.08. The van der Waals surface area contributed by atoms with Gasteiger partial charge in [-0.15, -0.1) is 46.9 Å². The standard InChI is InChI=1S/C50H32F2S2Si2/c1-3-55(37-17-9-5-10-18-37,38-19-11-6-12-20-38)27-25-41-43-29-35-31-49(51)54-48(35)34-46(43)42(44-30-36-32-50(52)53-47(36)33-45(41)44)26-28-56(4-2,39-21-13-7-14-22-39)40-23-15-8-16-24-40/h3-24,29-34H,1-2H2. The monoisotopic (exact) mass is 790 g/mol. The molecule has 0 amide bonds. The van der Waals surface area contributed by atoms with E-state index < -0.39 is 16.1 Å². The van der Waals surface area contributed by atoms with Crippen LogP contribution in [0.1, 0.15) is 11.1 Å². The molecule has 0 unspecified atom stereocenters. The molecule has 6 heteroatoms. The molecule has 0 aliphatic heterocycles. The van der Waals surface area contributed by atoms with Gasteiger partial charge >= 0.3 is 0 Å². The van der Waals surface area contributed by atoms with Gasteiger partial charge in [0.15, 0.2) is 10.3 Å². The Balaban J connectivity index is 1.42. The van der Waals surface area contributed by atoms with E-state index in [1.54, 1.807) is 12.1 Å². The molecule has 0 atom stereocenters. The van der Waals surface area contributed by atoms with E-state index in [0.717, 1.165) is 96.3 Å². The lowest BCUT2D eigenvalue weighted by molar-refractivity contribution is 0.658. The third-order valence-electron chi connectivity index (χ3n) is 10.6. The average molecular weight is 791 g/mol. The molecule has 0 spiro atoms. The van der Waals surface area contributed by atoms with Gasteiger partial charge in [0.25, 0.3) is 0 Å². The summed E-state index contributed by atoms with van der Waals surface area (Å²) in [4.78, 5) is 0. The van der Waals surface area contributed by atoms with Gasteiger partial charge in [0.1, 0.15) is 0 Å². The highest BCUT2D eigenvalue weighted by Gasteiger charge is 2.34. The first-order valence-corrected chi connectivity index (χ1v) is 24.0. The van der Waals surface area contributed by atoms with Crippen molar-refractivity contribution >= 4 is 101 Å². The highest BCUT2D eigenvalue weighted by atomic mass is 32.1. The molecule has 0 nitrogen and oxygen atoms in total. The number of benzene rings is 7. The molecule has 2 aromatic heterocycles. The molecule has 9 aromatic rings. The lowest BCUT2D eigenvalue weighted by Crippen LogP contribution is -2.56. The molecule has 0 fully saturated rings. The summed E-state index contributed by atoms with van der Waals surface area (Å²) in [5.41, 5.74) is 13.4. The van der Waals surface area contributed by atoms with Gasteiger partial charge in [-0.25, -0.2) is 0 Å². The van der Waals surface area contributed by atoms with E-state index in [4.69, 9.17) is 0 Å². The Morgan fingerprint density at radius 1 is 0.429 bits per heavy atom. The quantitative estimate of drug-likeness (QED) is 0.0894. The molecule has 2 heterocycles. The Kier molecular flexibility index (Phi) is 9.21. The van der Waals surface area contributed by atoms with Crippen LogP contribution in [0.4, 0.5) is 8.78 Å². The smallest absolute Gasteiger partial charge is 0.195 e. The minimum atomic E-state index is -2.86. The summed E-state index contributed by atoms with van der Waals surface area (Å²) < 4.78 is 31.7. The van der Waals surface area contributed by atoms with Crippen molar-refractivity contribution in [3.05, 3.63) is 204 Å². The summed E-state index contributed by atoms with van der Waals surface area (Å²) in [6, 6.07) is 52.9. The lowest BCUT2D eigenvalue weighted by Gasteiger charge is -2.24. The maximum absolute atomic E-state index is 15.0. The second kappa shape index (κ2) is 14.5. The molecule has 9 rings (SSSR count). The van der Waals surface area contributed by atoms with Crippen molar-refractivity contribution in [2.45, 2.75) is 0 Å². The van der Waals surface area contributed by atoms with Crippen molar-refractivity contribution in [2.75, 3.05) is 0 Å². The number of fused-ring (bicyclic) bond motifs is 4. The Bertz CT molecular complexity index is 2710. The van der Waals surface area contributed by atoms with E-state index in [-0.39, 0.29) is 10.3 Å². The molecule has 0 aliphatic rings. The summed E-state index contributed by atoms with van der Waals surface area (Å²) in [6.45, 7) is 8.77.